The van der Waals surface area contributed by atoms with Crippen LogP contribution in [0.1, 0.15) is 38.4 Å². The number of phenols is 1. The number of nitrogens with two attached hydrogens (primary N) is 1. The number of benzene rings is 2. The van der Waals surface area contributed by atoms with Crippen molar-refractivity contribution < 1.29 is 29.4 Å². The second-order valence-electron chi connectivity index (χ2n) is 7.67. The number of hydroxylamine groups is 1. The highest BCUT2D eigenvalue weighted by Crippen LogP contribution is 2.27. The predicted octanol–water partition coefficient (Wildman–Crippen LogP) is 2.25. The topological polar surface area (TPSA) is 151 Å². The molecule has 0 atom stereocenters. The highest BCUT2D eigenvalue weighted by Gasteiger charge is 2.10. The number of phenolic OH excluding ortho intramolecular Hbond substituents is 1. The Morgan fingerprint density at radius 2 is 1.84 bits per heavy atom. The van der Waals surface area contributed by atoms with Gasteiger partial charge in [-0.3, -0.25) is 19.6 Å². The van der Waals surface area contributed by atoms with Gasteiger partial charge in [0.05, 0.1) is 17.6 Å². The number of aromatic hydroxyl groups is 1. The summed E-state index contributed by atoms with van der Waals surface area (Å²) < 4.78 is 5.73. The predicted molar refractivity (Wildman–Crippen MR) is 148 cm³/mol. The molecule has 1 aromatic heterocycles. The first-order chi connectivity index (χ1) is 18.4. The van der Waals surface area contributed by atoms with Gasteiger partial charge in [0.2, 0.25) is 5.91 Å². The van der Waals surface area contributed by atoms with E-state index in [0.717, 1.165) is 21.0 Å². The second kappa shape index (κ2) is 15.8. The third-order valence-electron chi connectivity index (χ3n) is 5.19. The van der Waals surface area contributed by atoms with Crippen molar-refractivity contribution in [3.05, 3.63) is 92.1 Å². The summed E-state index contributed by atoms with van der Waals surface area (Å²) in [4.78, 5) is 34.5. The molecule has 0 unspecified atom stereocenters. The molecule has 38 heavy (non-hydrogen) atoms. The van der Waals surface area contributed by atoms with Gasteiger partial charge in [0.15, 0.2) is 17.8 Å². The lowest BCUT2D eigenvalue weighted by Gasteiger charge is -2.06. The van der Waals surface area contributed by atoms with Crippen molar-refractivity contribution in [1.82, 2.24) is 10.8 Å². The number of para-hydroxylation sites is 1. The molecule has 0 radical (unpaired) electrons. The van der Waals surface area contributed by atoms with E-state index in [1.807, 2.05) is 48.6 Å². The maximum absolute atomic E-state index is 12.2. The number of ether oxygens (including phenoxy) is 1. The van der Waals surface area contributed by atoms with E-state index in [9.17, 15) is 14.4 Å². The Bertz CT molecular complexity index is 1380. The number of carbonyl (C=O) groups is 3. The number of thiophene rings is 1. The van der Waals surface area contributed by atoms with E-state index in [4.69, 9.17) is 15.1 Å². The number of allylic oxidation sites excluding steroid dienone is 2. The van der Waals surface area contributed by atoms with Gasteiger partial charge in [0.1, 0.15) is 0 Å². The van der Waals surface area contributed by atoms with Crippen LogP contribution in [0.25, 0.3) is 12.2 Å². The molecular formula is C28H31N3O6S. The minimum Gasteiger partial charge on any atom is -0.504 e. The molecule has 0 fully saturated rings. The summed E-state index contributed by atoms with van der Waals surface area (Å²) in [5.41, 5.74) is 8.35. The van der Waals surface area contributed by atoms with Gasteiger partial charge in [-0.05, 0) is 54.9 Å². The number of nitrogens with one attached hydrogen (secondary N) is 2. The minimum absolute atomic E-state index is 0.0166. The van der Waals surface area contributed by atoms with E-state index in [1.165, 1.54) is 31.6 Å². The van der Waals surface area contributed by atoms with Crippen LogP contribution in [0.2, 0.25) is 0 Å². The number of hydrogen-bond donors (Lipinski definition) is 5. The molecule has 1 heterocycles. The highest BCUT2D eigenvalue weighted by molar-refractivity contribution is 7.12. The van der Waals surface area contributed by atoms with Crippen LogP contribution in [0.4, 0.5) is 0 Å². The van der Waals surface area contributed by atoms with Gasteiger partial charge >= 0.3 is 0 Å². The van der Waals surface area contributed by atoms with Gasteiger partial charge in [-0.25, -0.2) is 5.48 Å². The van der Waals surface area contributed by atoms with Crippen LogP contribution in [-0.4, -0.2) is 42.6 Å². The molecule has 4 rings (SSSR count). The SMILES string of the molecule is CN.COc1c(O)cccc1C=O.O=C(CCc1ccccc1)NC1=CCC=c2sc(C(=O)NO)cc2=C1. The van der Waals surface area contributed by atoms with E-state index in [0.29, 0.717) is 36.0 Å². The molecule has 0 aliphatic heterocycles. The molecule has 0 spiro atoms. The number of carbonyl (C=O) groups excluding carboxylic acids is 3. The molecule has 10 heteroatoms. The average Bonchev–Trinajstić information content (AvgIpc) is 3.26. The standard InChI is InChI=1S/C19H18N2O3S.C8H8O3.CH5N/c22-18(10-9-13-5-2-1-3-6-13)20-15-7-4-8-16-14(11-15)12-17(25-16)19(23)21-24;1-11-8-6(5-9)3-2-4-7(8)10;1-2/h1-3,5-8,11-12,24H,4,9-10H2,(H,20,22)(H,21,23);2-5,10H,1H3;2H2,1H3. The van der Waals surface area contributed by atoms with Crippen molar-refractivity contribution in [2.24, 2.45) is 5.73 Å². The van der Waals surface area contributed by atoms with E-state index >= 15 is 0 Å². The van der Waals surface area contributed by atoms with Crippen molar-refractivity contribution in [2.75, 3.05) is 14.2 Å². The molecule has 6 N–H and O–H groups in total. The van der Waals surface area contributed by atoms with E-state index < -0.39 is 5.91 Å². The zero-order valence-electron chi connectivity index (χ0n) is 21.1. The molecule has 1 aliphatic rings. The van der Waals surface area contributed by atoms with Crippen LogP contribution < -0.4 is 31.0 Å². The quantitative estimate of drug-likeness (QED) is 0.176. The molecule has 1 aliphatic carbocycles. The van der Waals surface area contributed by atoms with Crippen molar-refractivity contribution in [3.63, 3.8) is 0 Å². The number of rotatable bonds is 7. The van der Waals surface area contributed by atoms with Crippen LogP contribution in [-0.2, 0) is 11.2 Å². The summed E-state index contributed by atoms with van der Waals surface area (Å²) in [5.74, 6) is -0.366. The van der Waals surface area contributed by atoms with E-state index in [1.54, 1.807) is 23.7 Å². The lowest BCUT2D eigenvalue weighted by Crippen LogP contribution is -2.24. The first-order valence-corrected chi connectivity index (χ1v) is 12.5. The first-order valence-electron chi connectivity index (χ1n) is 11.6. The molecule has 9 nitrogen and oxygen atoms in total. The molecular weight excluding hydrogens is 506 g/mol. The van der Waals surface area contributed by atoms with Crippen molar-refractivity contribution in [1.29, 1.82) is 0 Å². The normalized spacial score (nSPS) is 11.2. The van der Waals surface area contributed by atoms with Gasteiger partial charge < -0.3 is 20.9 Å². The fourth-order valence-corrected chi connectivity index (χ4v) is 4.42. The molecule has 0 bridgehead atoms. The largest absolute Gasteiger partial charge is 0.504 e. The lowest BCUT2D eigenvalue weighted by atomic mass is 10.1. The summed E-state index contributed by atoms with van der Waals surface area (Å²) in [6, 6.07) is 16.2. The Morgan fingerprint density at radius 3 is 2.47 bits per heavy atom. The molecule has 2 amide bonds. The Morgan fingerprint density at radius 1 is 1.11 bits per heavy atom. The summed E-state index contributed by atoms with van der Waals surface area (Å²) in [7, 11) is 2.90. The number of fused-ring (bicyclic) bond motifs is 1. The Balaban J connectivity index is 0.000000327. The van der Waals surface area contributed by atoms with E-state index in [2.05, 4.69) is 11.1 Å². The highest BCUT2D eigenvalue weighted by atomic mass is 32.1. The minimum atomic E-state index is -0.530. The number of amides is 2. The monoisotopic (exact) mass is 537 g/mol. The average molecular weight is 538 g/mol. The number of aryl methyl sites for hydroxylation is 1. The molecule has 2 aromatic carbocycles. The maximum atomic E-state index is 12.2. The summed E-state index contributed by atoms with van der Waals surface area (Å²) in [6.07, 6.45) is 8.19. The van der Waals surface area contributed by atoms with Crippen molar-refractivity contribution in [2.45, 2.75) is 19.3 Å². The van der Waals surface area contributed by atoms with Gasteiger partial charge in [0, 0.05) is 16.7 Å². The van der Waals surface area contributed by atoms with Gasteiger partial charge in [-0.2, -0.15) is 0 Å². The summed E-state index contributed by atoms with van der Waals surface area (Å²) in [6.45, 7) is 0. The van der Waals surface area contributed by atoms with Crippen LogP contribution in [0, 0.1) is 0 Å². The lowest BCUT2D eigenvalue weighted by molar-refractivity contribution is -0.120. The molecule has 3 aromatic rings. The summed E-state index contributed by atoms with van der Waals surface area (Å²) in [5, 5.41) is 21.7. The number of hydrogen-bond acceptors (Lipinski definition) is 8. The fourth-order valence-electron chi connectivity index (χ4n) is 3.45. The Labute approximate surface area is 224 Å². The van der Waals surface area contributed by atoms with Crippen LogP contribution in [0.15, 0.2) is 66.4 Å². The van der Waals surface area contributed by atoms with Gasteiger partial charge in [-0.1, -0.05) is 48.6 Å². The maximum Gasteiger partial charge on any atom is 0.284 e. The Kier molecular flexibility index (Phi) is 12.4. The van der Waals surface area contributed by atoms with E-state index in [-0.39, 0.29) is 17.4 Å². The zero-order chi connectivity index (χ0) is 27.9. The zero-order valence-corrected chi connectivity index (χ0v) is 22.0. The second-order valence-corrected chi connectivity index (χ2v) is 8.75. The van der Waals surface area contributed by atoms with Gasteiger partial charge in [-0.15, -0.1) is 11.3 Å². The first kappa shape index (κ1) is 30.0. The van der Waals surface area contributed by atoms with Crippen molar-refractivity contribution in [3.8, 4) is 11.5 Å². The molecule has 0 saturated heterocycles. The smallest absolute Gasteiger partial charge is 0.284 e. The van der Waals surface area contributed by atoms with Gasteiger partial charge in [0.25, 0.3) is 5.91 Å². The molecule has 200 valence electrons. The summed E-state index contributed by atoms with van der Waals surface area (Å²) >= 11 is 1.30. The third kappa shape index (κ3) is 8.70. The van der Waals surface area contributed by atoms with Crippen LogP contribution >= 0.6 is 11.3 Å². The number of aldehydes is 1. The third-order valence-corrected chi connectivity index (χ3v) is 6.34. The van der Waals surface area contributed by atoms with Crippen LogP contribution in [0.5, 0.6) is 11.5 Å². The Hall–Kier alpha value is -4.25. The molecule has 0 saturated carbocycles. The van der Waals surface area contributed by atoms with Crippen molar-refractivity contribution >= 4 is 41.6 Å². The number of methoxy groups -OCH3 is 1. The van der Waals surface area contributed by atoms with Crippen LogP contribution in [0.3, 0.4) is 0 Å². The fraction of sp³-hybridized carbons (Fsp3) is 0.179.